The third-order valence-corrected chi connectivity index (χ3v) is 4.10. The molecule has 1 aromatic carbocycles. The van der Waals surface area contributed by atoms with Crippen molar-refractivity contribution in [2.24, 2.45) is 5.92 Å². The fraction of sp³-hybridized carbons (Fsp3) is 0.462. The van der Waals surface area contributed by atoms with Gasteiger partial charge in [0.05, 0.1) is 5.56 Å². The number of carbonyl (C=O) groups excluding carboxylic acids is 1. The van der Waals surface area contributed by atoms with Crippen molar-refractivity contribution >= 4 is 33.4 Å². The van der Waals surface area contributed by atoms with Crippen molar-refractivity contribution in [2.45, 2.75) is 18.2 Å². The highest BCUT2D eigenvalue weighted by Crippen LogP contribution is 2.32. The molecule has 0 heterocycles. The molecule has 0 aromatic heterocycles. The number of aromatic hydroxyl groups is 1. The van der Waals surface area contributed by atoms with Crippen LogP contribution < -0.4 is 0 Å². The number of rotatable bonds is 3. The van der Waals surface area contributed by atoms with Gasteiger partial charge in [0.2, 0.25) is 0 Å². The van der Waals surface area contributed by atoms with Crippen LogP contribution in [0.15, 0.2) is 22.7 Å². The molecule has 0 unspecified atom stereocenters. The summed E-state index contributed by atoms with van der Waals surface area (Å²) in [5.41, 5.74) is 0.336. The average molecular weight is 333 g/mol. The van der Waals surface area contributed by atoms with Gasteiger partial charge in [-0.15, -0.1) is 11.6 Å². The zero-order valence-corrected chi connectivity index (χ0v) is 12.4. The first-order valence-electron chi connectivity index (χ1n) is 5.85. The summed E-state index contributed by atoms with van der Waals surface area (Å²) in [7, 11) is 1.76. The molecule has 1 N–H and O–H groups in total. The van der Waals surface area contributed by atoms with Gasteiger partial charge in [-0.2, -0.15) is 0 Å². The molecule has 1 aromatic rings. The number of phenols is 1. The maximum atomic E-state index is 12.2. The van der Waals surface area contributed by atoms with E-state index in [1.165, 1.54) is 6.07 Å². The summed E-state index contributed by atoms with van der Waals surface area (Å²) >= 11 is 9.17. The van der Waals surface area contributed by atoms with Crippen LogP contribution in [0.2, 0.25) is 0 Å². The summed E-state index contributed by atoms with van der Waals surface area (Å²) in [5, 5.41) is 10.0. The number of hydrogen-bond donors (Lipinski definition) is 1. The third-order valence-electron chi connectivity index (χ3n) is 3.25. The first-order valence-corrected chi connectivity index (χ1v) is 7.08. The van der Waals surface area contributed by atoms with Crippen molar-refractivity contribution in [2.75, 3.05) is 13.6 Å². The Kier molecular flexibility index (Phi) is 4.17. The highest BCUT2D eigenvalue weighted by molar-refractivity contribution is 9.10. The fourth-order valence-corrected chi connectivity index (χ4v) is 3.02. The Morgan fingerprint density at radius 1 is 1.56 bits per heavy atom. The molecule has 0 bridgehead atoms. The standard InChI is InChI=1S/C13H15BrClNO2/c1-16(7-8-4-10(15)5-8)13(18)11-3-2-9(14)6-12(11)17/h2-3,6,8,10,17H,4-5,7H2,1H3. The van der Waals surface area contributed by atoms with Crippen LogP contribution in [0.4, 0.5) is 0 Å². The highest BCUT2D eigenvalue weighted by Gasteiger charge is 2.29. The highest BCUT2D eigenvalue weighted by atomic mass is 79.9. The zero-order valence-electron chi connectivity index (χ0n) is 10.1. The van der Waals surface area contributed by atoms with Gasteiger partial charge < -0.3 is 10.0 Å². The summed E-state index contributed by atoms with van der Waals surface area (Å²) < 4.78 is 0.753. The number of alkyl halides is 1. The Labute approximate surface area is 120 Å². The van der Waals surface area contributed by atoms with E-state index in [-0.39, 0.29) is 17.0 Å². The summed E-state index contributed by atoms with van der Waals surface area (Å²) in [4.78, 5) is 13.8. The molecular weight excluding hydrogens is 318 g/mol. The molecule has 5 heteroatoms. The maximum absolute atomic E-state index is 12.2. The predicted molar refractivity (Wildman–Crippen MR) is 75.1 cm³/mol. The molecule has 2 rings (SSSR count). The van der Waals surface area contributed by atoms with E-state index in [1.807, 2.05) is 0 Å². The minimum Gasteiger partial charge on any atom is -0.507 e. The second kappa shape index (κ2) is 5.49. The lowest BCUT2D eigenvalue weighted by Gasteiger charge is -2.34. The minimum absolute atomic E-state index is 0.00468. The lowest BCUT2D eigenvalue weighted by atomic mass is 9.84. The average Bonchev–Trinajstić information content (AvgIpc) is 2.26. The normalized spacial score (nSPS) is 22.4. The first-order chi connectivity index (χ1) is 8.47. The monoisotopic (exact) mass is 331 g/mol. The molecule has 0 atom stereocenters. The Balaban J connectivity index is 2.01. The SMILES string of the molecule is CN(CC1CC(Cl)C1)C(=O)c1ccc(Br)cc1O. The summed E-state index contributed by atoms with van der Waals surface area (Å²) in [6.45, 7) is 0.692. The van der Waals surface area contributed by atoms with Gasteiger partial charge in [0.15, 0.2) is 0 Å². The fourth-order valence-electron chi connectivity index (χ4n) is 2.16. The summed E-state index contributed by atoms with van der Waals surface area (Å²) in [6, 6.07) is 4.90. The van der Waals surface area contributed by atoms with Gasteiger partial charge in [0.1, 0.15) is 5.75 Å². The van der Waals surface area contributed by atoms with Gasteiger partial charge in [0.25, 0.3) is 5.91 Å². The number of nitrogens with zero attached hydrogens (tertiary/aromatic N) is 1. The Morgan fingerprint density at radius 3 is 2.78 bits per heavy atom. The Morgan fingerprint density at radius 2 is 2.22 bits per heavy atom. The number of halogens is 2. The Bertz CT molecular complexity index is 460. The van der Waals surface area contributed by atoms with Crippen LogP contribution in [-0.2, 0) is 0 Å². The summed E-state index contributed by atoms with van der Waals surface area (Å²) in [5.74, 6) is 0.335. The lowest BCUT2D eigenvalue weighted by molar-refractivity contribution is 0.0744. The van der Waals surface area contributed by atoms with E-state index in [1.54, 1.807) is 24.1 Å². The molecule has 0 aliphatic heterocycles. The quantitative estimate of drug-likeness (QED) is 0.863. The first kappa shape index (κ1) is 13.7. The van der Waals surface area contributed by atoms with E-state index < -0.39 is 0 Å². The van der Waals surface area contributed by atoms with Crippen LogP contribution in [0, 0.1) is 5.92 Å². The van der Waals surface area contributed by atoms with Crippen molar-refractivity contribution in [1.82, 2.24) is 4.90 Å². The van der Waals surface area contributed by atoms with Gasteiger partial charge in [0, 0.05) is 23.4 Å². The van der Waals surface area contributed by atoms with Gasteiger partial charge in [-0.25, -0.2) is 0 Å². The van der Waals surface area contributed by atoms with E-state index in [9.17, 15) is 9.90 Å². The van der Waals surface area contributed by atoms with E-state index in [0.717, 1.165) is 17.3 Å². The third kappa shape index (κ3) is 2.98. The molecule has 1 saturated carbocycles. The van der Waals surface area contributed by atoms with E-state index >= 15 is 0 Å². The van der Waals surface area contributed by atoms with Crippen LogP contribution in [0.25, 0.3) is 0 Å². The molecule has 1 fully saturated rings. The lowest BCUT2D eigenvalue weighted by Crippen LogP contribution is -2.37. The van der Waals surface area contributed by atoms with Crippen molar-refractivity contribution in [3.8, 4) is 5.75 Å². The second-order valence-corrected chi connectivity index (χ2v) is 6.31. The molecule has 0 saturated heterocycles. The van der Waals surface area contributed by atoms with Crippen LogP contribution >= 0.6 is 27.5 Å². The smallest absolute Gasteiger partial charge is 0.257 e. The number of carbonyl (C=O) groups is 1. The van der Waals surface area contributed by atoms with Gasteiger partial charge in [-0.3, -0.25) is 4.79 Å². The van der Waals surface area contributed by atoms with E-state index in [0.29, 0.717) is 18.0 Å². The van der Waals surface area contributed by atoms with E-state index in [2.05, 4.69) is 15.9 Å². The second-order valence-electron chi connectivity index (χ2n) is 4.78. The number of benzene rings is 1. The Hall–Kier alpha value is -0.740. The molecule has 0 radical (unpaired) electrons. The van der Waals surface area contributed by atoms with Gasteiger partial charge in [-0.05, 0) is 37.0 Å². The zero-order chi connectivity index (χ0) is 13.3. The van der Waals surface area contributed by atoms with Crippen LogP contribution in [0.3, 0.4) is 0 Å². The molecule has 1 amide bonds. The van der Waals surface area contributed by atoms with Crippen molar-refractivity contribution in [3.05, 3.63) is 28.2 Å². The minimum atomic E-state index is -0.155. The number of amides is 1. The molecule has 98 valence electrons. The molecule has 0 spiro atoms. The van der Waals surface area contributed by atoms with Crippen LogP contribution in [0.1, 0.15) is 23.2 Å². The topological polar surface area (TPSA) is 40.5 Å². The molecule has 3 nitrogen and oxygen atoms in total. The van der Waals surface area contributed by atoms with Gasteiger partial charge >= 0.3 is 0 Å². The number of phenolic OH excluding ortho intramolecular Hbond substituents is 1. The number of hydrogen-bond acceptors (Lipinski definition) is 2. The van der Waals surface area contributed by atoms with Gasteiger partial charge in [-0.1, -0.05) is 15.9 Å². The molecular formula is C13H15BrClNO2. The molecule has 1 aliphatic carbocycles. The predicted octanol–water partition coefficient (Wildman–Crippen LogP) is 3.24. The molecule has 1 aliphatic rings. The van der Waals surface area contributed by atoms with Crippen LogP contribution in [-0.4, -0.2) is 34.9 Å². The van der Waals surface area contributed by atoms with Crippen molar-refractivity contribution in [3.63, 3.8) is 0 Å². The molecule has 18 heavy (non-hydrogen) atoms. The summed E-state index contributed by atoms with van der Waals surface area (Å²) in [6.07, 6.45) is 1.93. The van der Waals surface area contributed by atoms with Crippen LogP contribution in [0.5, 0.6) is 5.75 Å². The van der Waals surface area contributed by atoms with E-state index in [4.69, 9.17) is 11.6 Å². The maximum Gasteiger partial charge on any atom is 0.257 e. The largest absolute Gasteiger partial charge is 0.507 e. The van der Waals surface area contributed by atoms with Crippen molar-refractivity contribution < 1.29 is 9.90 Å². The van der Waals surface area contributed by atoms with Crippen molar-refractivity contribution in [1.29, 1.82) is 0 Å².